The monoisotopic (exact) mass is 223 g/mol. The van der Waals surface area contributed by atoms with E-state index >= 15 is 0 Å². The molecule has 1 rings (SSSR count). The van der Waals surface area contributed by atoms with Gasteiger partial charge in [-0.05, 0) is 12.8 Å². The molecule has 0 aromatic heterocycles. The van der Waals surface area contributed by atoms with E-state index in [1.165, 1.54) is 19.3 Å². The van der Waals surface area contributed by atoms with Crippen LogP contribution in [0.3, 0.4) is 0 Å². The first-order chi connectivity index (χ1) is 6.20. The summed E-state index contributed by atoms with van der Waals surface area (Å²) in [5.74, 6) is -0.990. The standard InChI is InChI=1S/C9H17NO3.ClH/c10-8(9(11)12)6-13-7-4-2-1-3-5-7;/h7-8H,1-6,10H2,(H,11,12);1H/t8-;/m0./s1. The summed E-state index contributed by atoms with van der Waals surface area (Å²) in [4.78, 5) is 10.4. The first-order valence-electron chi connectivity index (χ1n) is 4.80. The molecular formula is C9H18ClNO3. The van der Waals surface area contributed by atoms with Gasteiger partial charge in [-0.2, -0.15) is 0 Å². The molecule has 14 heavy (non-hydrogen) atoms. The van der Waals surface area contributed by atoms with Crippen molar-refractivity contribution < 1.29 is 14.6 Å². The van der Waals surface area contributed by atoms with Gasteiger partial charge in [0.15, 0.2) is 0 Å². The average molecular weight is 224 g/mol. The van der Waals surface area contributed by atoms with Crippen LogP contribution >= 0.6 is 12.4 Å². The molecule has 0 radical (unpaired) electrons. The van der Waals surface area contributed by atoms with Gasteiger partial charge in [0.1, 0.15) is 6.04 Å². The van der Waals surface area contributed by atoms with E-state index in [0.29, 0.717) is 0 Å². The molecule has 0 amide bonds. The number of halogens is 1. The largest absolute Gasteiger partial charge is 0.480 e. The maximum Gasteiger partial charge on any atom is 0.322 e. The van der Waals surface area contributed by atoms with Gasteiger partial charge in [-0.25, -0.2) is 0 Å². The second-order valence-electron chi connectivity index (χ2n) is 3.54. The summed E-state index contributed by atoms with van der Waals surface area (Å²) < 4.78 is 5.40. The summed E-state index contributed by atoms with van der Waals surface area (Å²) in [7, 11) is 0. The Hall–Kier alpha value is -0.320. The Bertz CT molecular complexity index is 171. The van der Waals surface area contributed by atoms with E-state index in [1.807, 2.05) is 0 Å². The van der Waals surface area contributed by atoms with Gasteiger partial charge < -0.3 is 15.6 Å². The van der Waals surface area contributed by atoms with Gasteiger partial charge in [0.05, 0.1) is 12.7 Å². The van der Waals surface area contributed by atoms with Gasteiger partial charge in [0.2, 0.25) is 0 Å². The minimum atomic E-state index is -0.990. The van der Waals surface area contributed by atoms with E-state index in [1.54, 1.807) is 0 Å². The zero-order valence-electron chi connectivity index (χ0n) is 8.15. The van der Waals surface area contributed by atoms with Crippen LogP contribution in [0.25, 0.3) is 0 Å². The van der Waals surface area contributed by atoms with Crippen LogP contribution in [0.2, 0.25) is 0 Å². The Labute approximate surface area is 90.2 Å². The van der Waals surface area contributed by atoms with Crippen LogP contribution < -0.4 is 5.73 Å². The summed E-state index contributed by atoms with van der Waals surface area (Å²) in [6.07, 6.45) is 5.97. The summed E-state index contributed by atoms with van der Waals surface area (Å²) in [6.45, 7) is 0.139. The zero-order chi connectivity index (χ0) is 9.68. The number of carboxylic acids is 1. The van der Waals surface area contributed by atoms with Gasteiger partial charge >= 0.3 is 5.97 Å². The first-order valence-corrected chi connectivity index (χ1v) is 4.80. The van der Waals surface area contributed by atoms with E-state index in [2.05, 4.69) is 0 Å². The molecule has 0 spiro atoms. The SMILES string of the molecule is Cl.N[C@@H](COC1CCCCC1)C(=O)O. The fourth-order valence-corrected chi connectivity index (χ4v) is 1.54. The van der Waals surface area contributed by atoms with Crippen LogP contribution in [0, 0.1) is 0 Å². The number of hydrogen-bond acceptors (Lipinski definition) is 3. The first kappa shape index (κ1) is 13.7. The van der Waals surface area contributed by atoms with Gasteiger partial charge in [-0.3, -0.25) is 4.79 Å². The number of rotatable bonds is 4. The van der Waals surface area contributed by atoms with Crippen molar-refractivity contribution >= 4 is 18.4 Å². The molecule has 3 N–H and O–H groups in total. The third-order valence-electron chi connectivity index (χ3n) is 2.38. The van der Waals surface area contributed by atoms with Crippen molar-refractivity contribution in [3.05, 3.63) is 0 Å². The van der Waals surface area contributed by atoms with Crippen molar-refractivity contribution in [3.8, 4) is 0 Å². The predicted octanol–water partition coefficient (Wildman–Crippen LogP) is 1.17. The molecule has 84 valence electrons. The second kappa shape index (κ2) is 7.04. The van der Waals surface area contributed by atoms with Crippen LogP contribution in [0.1, 0.15) is 32.1 Å². The molecule has 1 atom stereocenters. The lowest BCUT2D eigenvalue weighted by Crippen LogP contribution is -2.36. The molecular weight excluding hydrogens is 206 g/mol. The molecule has 0 saturated heterocycles. The number of carboxylic acid groups (broad SMARTS) is 1. The Morgan fingerprint density at radius 2 is 2.00 bits per heavy atom. The molecule has 0 unspecified atom stereocenters. The van der Waals surface area contributed by atoms with Gasteiger partial charge in [-0.15, -0.1) is 12.4 Å². The van der Waals surface area contributed by atoms with Crippen molar-refractivity contribution in [2.75, 3.05) is 6.61 Å². The highest BCUT2D eigenvalue weighted by molar-refractivity contribution is 5.85. The molecule has 0 aliphatic heterocycles. The Kier molecular flexibility index (Phi) is 6.87. The molecule has 0 aromatic carbocycles. The fourth-order valence-electron chi connectivity index (χ4n) is 1.54. The van der Waals surface area contributed by atoms with Crippen molar-refractivity contribution in [2.24, 2.45) is 5.73 Å². The maximum absolute atomic E-state index is 10.4. The Morgan fingerprint density at radius 1 is 1.43 bits per heavy atom. The number of ether oxygens (including phenoxy) is 1. The average Bonchev–Trinajstić information content (AvgIpc) is 2.15. The summed E-state index contributed by atoms with van der Waals surface area (Å²) in [5, 5.41) is 8.51. The third kappa shape index (κ3) is 4.79. The number of carbonyl (C=O) groups is 1. The van der Waals surface area contributed by atoms with Crippen molar-refractivity contribution in [1.29, 1.82) is 0 Å². The van der Waals surface area contributed by atoms with E-state index in [4.69, 9.17) is 15.6 Å². The van der Waals surface area contributed by atoms with Crippen LogP contribution in [-0.2, 0) is 9.53 Å². The maximum atomic E-state index is 10.4. The Balaban J connectivity index is 0.00000169. The minimum absolute atomic E-state index is 0. The summed E-state index contributed by atoms with van der Waals surface area (Å²) in [5.41, 5.74) is 5.31. The highest BCUT2D eigenvalue weighted by atomic mass is 35.5. The zero-order valence-corrected chi connectivity index (χ0v) is 8.96. The second-order valence-corrected chi connectivity index (χ2v) is 3.54. The molecule has 5 heteroatoms. The van der Waals surface area contributed by atoms with Crippen LogP contribution in [-0.4, -0.2) is 29.8 Å². The lowest BCUT2D eigenvalue weighted by Gasteiger charge is -2.22. The molecule has 1 saturated carbocycles. The highest BCUT2D eigenvalue weighted by Gasteiger charge is 2.17. The minimum Gasteiger partial charge on any atom is -0.480 e. The fraction of sp³-hybridized carbons (Fsp3) is 0.889. The summed E-state index contributed by atoms with van der Waals surface area (Å²) in [6, 6.07) is -0.873. The normalized spacial score (nSPS) is 19.8. The highest BCUT2D eigenvalue weighted by Crippen LogP contribution is 2.20. The smallest absolute Gasteiger partial charge is 0.322 e. The Morgan fingerprint density at radius 3 is 2.50 bits per heavy atom. The van der Waals surface area contributed by atoms with Crippen molar-refractivity contribution in [2.45, 2.75) is 44.2 Å². The van der Waals surface area contributed by atoms with E-state index < -0.39 is 12.0 Å². The van der Waals surface area contributed by atoms with Crippen LogP contribution in [0.4, 0.5) is 0 Å². The van der Waals surface area contributed by atoms with Crippen molar-refractivity contribution in [1.82, 2.24) is 0 Å². The van der Waals surface area contributed by atoms with Crippen LogP contribution in [0.15, 0.2) is 0 Å². The van der Waals surface area contributed by atoms with E-state index in [9.17, 15) is 4.79 Å². The number of aliphatic carboxylic acids is 1. The van der Waals surface area contributed by atoms with Gasteiger partial charge in [0, 0.05) is 0 Å². The van der Waals surface area contributed by atoms with E-state index in [-0.39, 0.29) is 25.1 Å². The van der Waals surface area contributed by atoms with Crippen LogP contribution in [0.5, 0.6) is 0 Å². The molecule has 1 aliphatic rings. The molecule has 1 fully saturated rings. The van der Waals surface area contributed by atoms with Crippen molar-refractivity contribution in [3.63, 3.8) is 0 Å². The number of nitrogens with two attached hydrogens (primary N) is 1. The topological polar surface area (TPSA) is 72.5 Å². The predicted molar refractivity (Wildman–Crippen MR) is 55.7 cm³/mol. The molecule has 0 bridgehead atoms. The quantitative estimate of drug-likeness (QED) is 0.751. The molecule has 0 heterocycles. The van der Waals surface area contributed by atoms with Gasteiger partial charge in [-0.1, -0.05) is 19.3 Å². The lowest BCUT2D eigenvalue weighted by molar-refractivity contribution is -0.140. The van der Waals surface area contributed by atoms with E-state index in [0.717, 1.165) is 12.8 Å². The molecule has 4 nitrogen and oxygen atoms in total. The lowest BCUT2D eigenvalue weighted by atomic mass is 9.98. The molecule has 1 aliphatic carbocycles. The molecule has 0 aromatic rings. The van der Waals surface area contributed by atoms with Gasteiger partial charge in [0.25, 0.3) is 0 Å². The summed E-state index contributed by atoms with van der Waals surface area (Å²) >= 11 is 0. The third-order valence-corrected chi connectivity index (χ3v) is 2.38. The number of hydrogen-bond donors (Lipinski definition) is 2.